The number of benzene rings is 1. The first-order chi connectivity index (χ1) is 9.47. The van der Waals surface area contributed by atoms with E-state index < -0.39 is 5.97 Å². The van der Waals surface area contributed by atoms with Gasteiger partial charge < -0.3 is 16.2 Å². The molecule has 2 rings (SSSR count). The maximum absolute atomic E-state index is 12.1. The number of nitrogens with two attached hydrogens (primary N) is 1. The molecule has 0 atom stereocenters. The fourth-order valence-electron chi connectivity index (χ4n) is 1.66. The number of nitrogens with zero attached hydrogens (tertiary/aromatic N) is 1. The molecule has 0 spiro atoms. The highest BCUT2D eigenvalue weighted by Crippen LogP contribution is 2.16. The van der Waals surface area contributed by atoms with E-state index in [0.29, 0.717) is 16.9 Å². The van der Waals surface area contributed by atoms with E-state index >= 15 is 0 Å². The molecule has 1 aromatic carbocycles. The Labute approximate surface area is 115 Å². The number of aryl methyl sites for hydroxylation is 1. The fourth-order valence-corrected chi connectivity index (χ4v) is 1.66. The van der Waals surface area contributed by atoms with Crippen molar-refractivity contribution < 1.29 is 14.7 Å². The summed E-state index contributed by atoms with van der Waals surface area (Å²) in [6.45, 7) is 1.86. The van der Waals surface area contributed by atoms with Crippen molar-refractivity contribution in [2.45, 2.75) is 6.92 Å². The third kappa shape index (κ3) is 2.92. The normalized spacial score (nSPS) is 10.1. The van der Waals surface area contributed by atoms with Gasteiger partial charge in [0.05, 0.1) is 17.4 Å². The lowest BCUT2D eigenvalue weighted by Gasteiger charge is -2.08. The second-order valence-electron chi connectivity index (χ2n) is 4.28. The summed E-state index contributed by atoms with van der Waals surface area (Å²) in [7, 11) is 0. The number of hydrogen-bond acceptors (Lipinski definition) is 4. The highest BCUT2D eigenvalue weighted by Gasteiger charge is 2.11. The molecule has 0 saturated heterocycles. The van der Waals surface area contributed by atoms with Crippen molar-refractivity contribution in [3.8, 4) is 0 Å². The van der Waals surface area contributed by atoms with Gasteiger partial charge in [-0.2, -0.15) is 0 Å². The molecule has 0 bridgehead atoms. The van der Waals surface area contributed by atoms with Crippen LogP contribution >= 0.6 is 0 Å². The number of carbonyl (C=O) groups excluding carboxylic acids is 1. The molecule has 6 heteroatoms. The molecule has 0 fully saturated rings. The number of hydrogen-bond donors (Lipinski definition) is 3. The fraction of sp³-hybridized carbons (Fsp3) is 0.0714. The van der Waals surface area contributed by atoms with Crippen LogP contribution < -0.4 is 11.1 Å². The number of aromatic carboxylic acids is 1. The van der Waals surface area contributed by atoms with Gasteiger partial charge in [-0.15, -0.1) is 0 Å². The minimum Gasteiger partial charge on any atom is -0.477 e. The van der Waals surface area contributed by atoms with Crippen molar-refractivity contribution in [2.24, 2.45) is 0 Å². The molecule has 1 amide bonds. The summed E-state index contributed by atoms with van der Waals surface area (Å²) in [5, 5.41) is 11.4. The predicted octanol–water partition coefficient (Wildman–Crippen LogP) is 1.92. The number of pyridine rings is 1. The average molecular weight is 271 g/mol. The maximum Gasteiger partial charge on any atom is 0.354 e. The summed E-state index contributed by atoms with van der Waals surface area (Å²) in [6, 6.07) is 7.95. The molecule has 1 aromatic heterocycles. The molecule has 0 aliphatic heterocycles. The van der Waals surface area contributed by atoms with E-state index in [4.69, 9.17) is 10.8 Å². The van der Waals surface area contributed by atoms with Crippen LogP contribution in [0.3, 0.4) is 0 Å². The van der Waals surface area contributed by atoms with Gasteiger partial charge in [-0.25, -0.2) is 9.78 Å². The van der Waals surface area contributed by atoms with Crippen LogP contribution in [0.2, 0.25) is 0 Å². The Morgan fingerprint density at radius 2 is 2.00 bits per heavy atom. The molecule has 0 radical (unpaired) electrons. The van der Waals surface area contributed by atoms with Crippen LogP contribution in [-0.2, 0) is 0 Å². The summed E-state index contributed by atoms with van der Waals surface area (Å²) in [5.74, 6) is -1.48. The van der Waals surface area contributed by atoms with Crippen LogP contribution in [0.25, 0.3) is 0 Å². The Morgan fingerprint density at radius 3 is 2.60 bits per heavy atom. The number of anilines is 2. The van der Waals surface area contributed by atoms with E-state index in [-0.39, 0.29) is 11.6 Å². The lowest BCUT2D eigenvalue weighted by atomic mass is 10.1. The van der Waals surface area contributed by atoms with Gasteiger partial charge in [0.25, 0.3) is 5.91 Å². The topological polar surface area (TPSA) is 105 Å². The number of carbonyl (C=O) groups is 2. The SMILES string of the molecule is Cc1ccc(N)c(C(=O)Nc2ccc(C(=O)O)nc2)c1. The first-order valence-corrected chi connectivity index (χ1v) is 5.84. The number of carboxylic acid groups (broad SMARTS) is 1. The molecule has 20 heavy (non-hydrogen) atoms. The maximum atomic E-state index is 12.1. The van der Waals surface area contributed by atoms with E-state index in [0.717, 1.165) is 5.56 Å². The molecular formula is C14H13N3O3. The van der Waals surface area contributed by atoms with Crippen molar-refractivity contribution in [1.82, 2.24) is 4.98 Å². The quantitative estimate of drug-likeness (QED) is 0.739. The van der Waals surface area contributed by atoms with Crippen LogP contribution in [0, 0.1) is 6.92 Å². The standard InChI is InChI=1S/C14H13N3O3/c1-8-2-4-11(15)10(6-8)13(18)17-9-3-5-12(14(19)20)16-7-9/h2-7H,15H2,1H3,(H,17,18)(H,19,20). The molecule has 6 nitrogen and oxygen atoms in total. The average Bonchev–Trinajstić information content (AvgIpc) is 2.42. The zero-order valence-electron chi connectivity index (χ0n) is 10.8. The van der Waals surface area contributed by atoms with E-state index in [1.54, 1.807) is 12.1 Å². The van der Waals surface area contributed by atoms with Gasteiger partial charge in [0.2, 0.25) is 0 Å². The smallest absolute Gasteiger partial charge is 0.354 e. The molecule has 0 aliphatic rings. The minimum atomic E-state index is -1.12. The molecule has 0 aliphatic carbocycles. The molecule has 102 valence electrons. The van der Waals surface area contributed by atoms with Crippen LogP contribution in [0.5, 0.6) is 0 Å². The lowest BCUT2D eigenvalue weighted by Crippen LogP contribution is -2.14. The Morgan fingerprint density at radius 1 is 1.25 bits per heavy atom. The number of rotatable bonds is 3. The predicted molar refractivity (Wildman–Crippen MR) is 74.7 cm³/mol. The third-order valence-electron chi connectivity index (χ3n) is 2.69. The van der Waals surface area contributed by atoms with Gasteiger partial charge in [-0.05, 0) is 31.2 Å². The molecule has 4 N–H and O–H groups in total. The van der Waals surface area contributed by atoms with E-state index in [1.165, 1.54) is 18.3 Å². The van der Waals surface area contributed by atoms with Crippen LogP contribution in [0.1, 0.15) is 26.4 Å². The zero-order chi connectivity index (χ0) is 14.7. The Bertz CT molecular complexity index is 666. The van der Waals surface area contributed by atoms with Crippen molar-refractivity contribution in [1.29, 1.82) is 0 Å². The molecular weight excluding hydrogens is 258 g/mol. The monoisotopic (exact) mass is 271 g/mol. The summed E-state index contributed by atoms with van der Waals surface area (Å²) >= 11 is 0. The van der Waals surface area contributed by atoms with Gasteiger partial charge in [0.1, 0.15) is 5.69 Å². The Balaban J connectivity index is 2.19. The zero-order valence-corrected chi connectivity index (χ0v) is 10.8. The van der Waals surface area contributed by atoms with Crippen molar-refractivity contribution >= 4 is 23.3 Å². The third-order valence-corrected chi connectivity index (χ3v) is 2.69. The number of carboxylic acids is 1. The van der Waals surface area contributed by atoms with Gasteiger partial charge in [-0.3, -0.25) is 4.79 Å². The molecule has 0 saturated carbocycles. The van der Waals surface area contributed by atoms with E-state index in [1.807, 2.05) is 13.0 Å². The van der Waals surface area contributed by atoms with Crippen LogP contribution in [0.15, 0.2) is 36.5 Å². The highest BCUT2D eigenvalue weighted by molar-refractivity contribution is 6.07. The summed E-state index contributed by atoms with van der Waals surface area (Å²) in [5.41, 5.74) is 7.74. The number of nitrogens with one attached hydrogen (secondary N) is 1. The highest BCUT2D eigenvalue weighted by atomic mass is 16.4. The summed E-state index contributed by atoms with van der Waals surface area (Å²) < 4.78 is 0. The number of nitrogen functional groups attached to an aromatic ring is 1. The van der Waals surface area contributed by atoms with Gasteiger partial charge in [0.15, 0.2) is 0 Å². The van der Waals surface area contributed by atoms with Crippen LogP contribution in [0.4, 0.5) is 11.4 Å². The van der Waals surface area contributed by atoms with Crippen LogP contribution in [-0.4, -0.2) is 22.0 Å². The lowest BCUT2D eigenvalue weighted by molar-refractivity contribution is 0.0690. The van der Waals surface area contributed by atoms with Crippen molar-refractivity contribution in [2.75, 3.05) is 11.1 Å². The Hall–Kier alpha value is -2.89. The van der Waals surface area contributed by atoms with E-state index in [2.05, 4.69) is 10.3 Å². The van der Waals surface area contributed by atoms with Gasteiger partial charge >= 0.3 is 5.97 Å². The second-order valence-corrected chi connectivity index (χ2v) is 4.28. The summed E-state index contributed by atoms with van der Waals surface area (Å²) in [6.07, 6.45) is 1.29. The van der Waals surface area contributed by atoms with Gasteiger partial charge in [0, 0.05) is 5.69 Å². The largest absolute Gasteiger partial charge is 0.477 e. The second kappa shape index (κ2) is 5.40. The van der Waals surface area contributed by atoms with Gasteiger partial charge in [-0.1, -0.05) is 11.6 Å². The van der Waals surface area contributed by atoms with Crippen molar-refractivity contribution in [3.05, 3.63) is 53.3 Å². The number of amides is 1. The minimum absolute atomic E-state index is 0.0851. The first-order valence-electron chi connectivity index (χ1n) is 5.84. The molecule has 1 heterocycles. The first kappa shape index (κ1) is 13.5. The Kier molecular flexibility index (Phi) is 3.65. The summed E-state index contributed by atoms with van der Waals surface area (Å²) in [4.78, 5) is 26.5. The van der Waals surface area contributed by atoms with E-state index in [9.17, 15) is 9.59 Å². The molecule has 2 aromatic rings. The molecule has 0 unspecified atom stereocenters. The van der Waals surface area contributed by atoms with Crippen molar-refractivity contribution in [3.63, 3.8) is 0 Å². The number of aromatic nitrogens is 1.